The predicted molar refractivity (Wildman–Crippen MR) is 103 cm³/mol. The Hall–Kier alpha value is -1.92. The van der Waals surface area contributed by atoms with E-state index in [1.54, 1.807) is 24.5 Å². The van der Waals surface area contributed by atoms with E-state index >= 15 is 0 Å². The summed E-state index contributed by atoms with van der Waals surface area (Å²) < 4.78 is 1.01. The van der Waals surface area contributed by atoms with Gasteiger partial charge >= 0.3 is 0 Å². The summed E-state index contributed by atoms with van der Waals surface area (Å²) in [7, 11) is 1.61. The fraction of sp³-hybridized carbons (Fsp3) is 0.222. The molecule has 1 N–H and O–H groups in total. The van der Waals surface area contributed by atoms with Crippen LogP contribution < -0.4 is 5.32 Å². The normalized spacial score (nSPS) is 10.8. The van der Waals surface area contributed by atoms with Crippen LogP contribution in [-0.4, -0.2) is 30.3 Å². The molecule has 0 bridgehead atoms. The standard InChI is InChI=1S/C18H19BrN2O2S/c1-3-13-6-4-5-7-15(13)20-17(22)12-21(2)18(23)11-9-14-8-10-16(19)24-14/h4-11H,3,12H2,1-2H3,(H,20,22)/b11-9+. The van der Waals surface area contributed by atoms with E-state index in [4.69, 9.17) is 0 Å². The van der Waals surface area contributed by atoms with E-state index in [0.29, 0.717) is 0 Å². The number of amides is 2. The van der Waals surface area contributed by atoms with Gasteiger partial charge in [0.2, 0.25) is 11.8 Å². The lowest BCUT2D eigenvalue weighted by molar-refractivity contribution is -0.129. The first-order valence-electron chi connectivity index (χ1n) is 7.56. The topological polar surface area (TPSA) is 49.4 Å². The fourth-order valence-corrected chi connectivity index (χ4v) is 3.46. The van der Waals surface area contributed by atoms with Crippen LogP contribution in [0.1, 0.15) is 17.4 Å². The highest BCUT2D eigenvalue weighted by Gasteiger charge is 2.12. The molecular weight excluding hydrogens is 388 g/mol. The van der Waals surface area contributed by atoms with Crippen LogP contribution in [0, 0.1) is 0 Å². The summed E-state index contributed by atoms with van der Waals surface area (Å²) in [6, 6.07) is 11.5. The van der Waals surface area contributed by atoms with Gasteiger partial charge in [-0.15, -0.1) is 11.3 Å². The van der Waals surface area contributed by atoms with Gasteiger partial charge in [0.25, 0.3) is 0 Å². The van der Waals surface area contributed by atoms with Gasteiger partial charge in [-0.25, -0.2) is 0 Å². The van der Waals surface area contributed by atoms with Crippen molar-refractivity contribution in [3.63, 3.8) is 0 Å². The average Bonchev–Trinajstić information content (AvgIpc) is 2.98. The third-order valence-electron chi connectivity index (χ3n) is 3.41. The number of hydrogen-bond acceptors (Lipinski definition) is 3. The molecule has 24 heavy (non-hydrogen) atoms. The molecule has 0 unspecified atom stereocenters. The molecule has 126 valence electrons. The van der Waals surface area contributed by atoms with Crippen molar-refractivity contribution >= 4 is 50.8 Å². The van der Waals surface area contributed by atoms with Crippen LogP contribution in [0.5, 0.6) is 0 Å². The maximum absolute atomic E-state index is 12.1. The molecule has 0 radical (unpaired) electrons. The van der Waals surface area contributed by atoms with Crippen molar-refractivity contribution in [1.29, 1.82) is 0 Å². The second kappa shape index (κ2) is 8.80. The quantitative estimate of drug-likeness (QED) is 0.731. The fourth-order valence-electron chi connectivity index (χ4n) is 2.13. The zero-order chi connectivity index (χ0) is 17.5. The van der Waals surface area contributed by atoms with E-state index < -0.39 is 0 Å². The smallest absolute Gasteiger partial charge is 0.246 e. The molecule has 1 aromatic heterocycles. The second-order valence-corrected chi connectivity index (χ2v) is 7.72. The Bertz CT molecular complexity index is 755. The van der Waals surface area contributed by atoms with Crippen LogP contribution in [0.25, 0.3) is 6.08 Å². The van der Waals surface area contributed by atoms with E-state index in [0.717, 1.165) is 26.3 Å². The first-order valence-corrected chi connectivity index (χ1v) is 9.16. The van der Waals surface area contributed by atoms with Gasteiger partial charge in [0.05, 0.1) is 10.3 Å². The Labute approximate surface area is 154 Å². The Morgan fingerprint density at radius 2 is 2.00 bits per heavy atom. The first kappa shape index (κ1) is 18.4. The maximum atomic E-state index is 12.1. The Kier molecular flexibility index (Phi) is 6.75. The molecule has 0 saturated heterocycles. The van der Waals surface area contributed by atoms with Crippen molar-refractivity contribution in [3.05, 3.63) is 56.7 Å². The van der Waals surface area contributed by atoms with Gasteiger partial charge in [0, 0.05) is 23.7 Å². The molecule has 0 aliphatic rings. The summed E-state index contributed by atoms with van der Waals surface area (Å²) in [6.45, 7) is 2.05. The summed E-state index contributed by atoms with van der Waals surface area (Å²) in [5.74, 6) is -0.419. The van der Waals surface area contributed by atoms with Gasteiger partial charge in [0.1, 0.15) is 0 Å². The van der Waals surface area contributed by atoms with Crippen molar-refractivity contribution in [3.8, 4) is 0 Å². The number of nitrogens with one attached hydrogen (secondary N) is 1. The van der Waals surface area contributed by atoms with Gasteiger partial charge in [-0.1, -0.05) is 25.1 Å². The molecule has 0 atom stereocenters. The Morgan fingerprint density at radius 1 is 1.25 bits per heavy atom. The number of hydrogen-bond donors (Lipinski definition) is 1. The molecule has 0 spiro atoms. The molecule has 2 aromatic rings. The third-order valence-corrected chi connectivity index (χ3v) is 5.00. The average molecular weight is 407 g/mol. The van der Waals surface area contributed by atoms with E-state index in [2.05, 4.69) is 21.2 Å². The lowest BCUT2D eigenvalue weighted by atomic mass is 10.1. The zero-order valence-corrected chi connectivity index (χ0v) is 16.0. The van der Waals surface area contributed by atoms with E-state index in [9.17, 15) is 9.59 Å². The van der Waals surface area contributed by atoms with Crippen molar-refractivity contribution in [2.24, 2.45) is 0 Å². The number of anilines is 1. The Morgan fingerprint density at radius 3 is 2.67 bits per heavy atom. The van der Waals surface area contributed by atoms with Gasteiger partial charge in [-0.05, 0) is 52.2 Å². The van der Waals surface area contributed by atoms with Crippen LogP contribution >= 0.6 is 27.3 Å². The number of halogens is 1. The molecule has 2 amide bonds. The van der Waals surface area contributed by atoms with Crippen LogP contribution in [0.4, 0.5) is 5.69 Å². The number of carbonyl (C=O) groups excluding carboxylic acids is 2. The molecule has 6 heteroatoms. The van der Waals surface area contributed by atoms with E-state index in [1.165, 1.54) is 11.0 Å². The molecular formula is C18H19BrN2O2S. The molecule has 1 heterocycles. The van der Waals surface area contributed by atoms with Crippen LogP contribution in [-0.2, 0) is 16.0 Å². The highest BCUT2D eigenvalue weighted by atomic mass is 79.9. The minimum Gasteiger partial charge on any atom is -0.333 e. The SMILES string of the molecule is CCc1ccccc1NC(=O)CN(C)C(=O)/C=C/c1ccc(Br)s1. The lowest BCUT2D eigenvalue weighted by Gasteiger charge is -2.16. The number of aryl methyl sites for hydroxylation is 1. The molecule has 0 saturated carbocycles. The number of benzene rings is 1. The van der Waals surface area contributed by atoms with Crippen molar-refractivity contribution in [2.75, 3.05) is 18.9 Å². The number of carbonyl (C=O) groups is 2. The molecule has 1 aromatic carbocycles. The van der Waals surface area contributed by atoms with Gasteiger partial charge in [-0.3, -0.25) is 9.59 Å². The van der Waals surface area contributed by atoms with Crippen molar-refractivity contribution in [2.45, 2.75) is 13.3 Å². The number of nitrogens with zero attached hydrogens (tertiary/aromatic N) is 1. The number of rotatable bonds is 6. The summed E-state index contributed by atoms with van der Waals surface area (Å²) in [6.07, 6.45) is 4.06. The number of likely N-dealkylation sites (N-methyl/N-ethyl adjacent to an activating group) is 1. The monoisotopic (exact) mass is 406 g/mol. The van der Waals surface area contributed by atoms with Crippen molar-refractivity contribution < 1.29 is 9.59 Å². The highest BCUT2D eigenvalue weighted by molar-refractivity contribution is 9.11. The van der Waals surface area contributed by atoms with Gasteiger partial charge < -0.3 is 10.2 Å². The zero-order valence-electron chi connectivity index (χ0n) is 13.6. The summed E-state index contributed by atoms with van der Waals surface area (Å²) in [4.78, 5) is 26.6. The first-order chi connectivity index (χ1) is 11.5. The second-order valence-electron chi connectivity index (χ2n) is 5.23. The molecule has 4 nitrogen and oxygen atoms in total. The van der Waals surface area contributed by atoms with Crippen molar-refractivity contribution in [1.82, 2.24) is 4.90 Å². The number of para-hydroxylation sites is 1. The maximum Gasteiger partial charge on any atom is 0.246 e. The summed E-state index contributed by atoms with van der Waals surface area (Å²) in [5, 5.41) is 2.86. The molecule has 0 fully saturated rings. The van der Waals surface area contributed by atoms with Gasteiger partial charge in [-0.2, -0.15) is 0 Å². The molecule has 0 aliphatic carbocycles. The summed E-state index contributed by atoms with van der Waals surface area (Å²) >= 11 is 4.92. The van der Waals surface area contributed by atoms with Crippen LogP contribution in [0.2, 0.25) is 0 Å². The van der Waals surface area contributed by atoms with E-state index in [1.807, 2.05) is 43.3 Å². The highest BCUT2D eigenvalue weighted by Crippen LogP contribution is 2.23. The minimum atomic E-state index is -0.210. The largest absolute Gasteiger partial charge is 0.333 e. The van der Waals surface area contributed by atoms with Crippen LogP contribution in [0.15, 0.2) is 46.3 Å². The third kappa shape index (κ3) is 5.32. The lowest BCUT2D eigenvalue weighted by Crippen LogP contribution is -2.34. The Balaban J connectivity index is 1.91. The molecule has 0 aliphatic heterocycles. The van der Waals surface area contributed by atoms with Gasteiger partial charge in [0.15, 0.2) is 0 Å². The summed E-state index contributed by atoms with van der Waals surface area (Å²) in [5.41, 5.74) is 1.87. The molecule has 2 rings (SSSR count). The minimum absolute atomic E-state index is 0.00928. The van der Waals surface area contributed by atoms with Crippen LogP contribution in [0.3, 0.4) is 0 Å². The predicted octanol–water partition coefficient (Wildman–Crippen LogP) is 4.18. The number of thiophene rings is 1. The van der Waals surface area contributed by atoms with E-state index in [-0.39, 0.29) is 18.4 Å².